The first kappa shape index (κ1) is 25.7. The number of aromatic nitrogens is 4. The van der Waals surface area contributed by atoms with E-state index in [0.29, 0.717) is 0 Å². The van der Waals surface area contributed by atoms with Crippen molar-refractivity contribution in [1.82, 2.24) is 19.9 Å². The van der Waals surface area contributed by atoms with Crippen molar-refractivity contribution in [1.29, 1.82) is 0 Å². The molecule has 140 valence electrons. The molecule has 0 radical (unpaired) electrons. The Balaban J connectivity index is 0.000000281. The van der Waals surface area contributed by atoms with E-state index in [4.69, 9.17) is 0 Å². The van der Waals surface area contributed by atoms with E-state index in [-0.39, 0.29) is 48.8 Å². The maximum absolute atomic E-state index is 10.5. The first-order chi connectivity index (χ1) is 13.5. The van der Waals surface area contributed by atoms with Crippen LogP contribution < -0.4 is 47.9 Å². The maximum Gasteiger partial charge on any atom is 1.00 e. The van der Waals surface area contributed by atoms with Crippen molar-refractivity contribution in [2.24, 2.45) is 0 Å². The summed E-state index contributed by atoms with van der Waals surface area (Å²) in [6.45, 7) is 0. The van der Waals surface area contributed by atoms with E-state index in [1.807, 2.05) is 0 Å². The molecule has 0 atom stereocenters. The molecule has 0 aliphatic rings. The molecule has 0 spiro atoms. The van der Waals surface area contributed by atoms with E-state index in [2.05, 4.69) is 19.9 Å². The molecule has 0 aliphatic heterocycles. The third-order valence-electron chi connectivity index (χ3n) is 3.36. The fraction of sp³-hybridized carbons (Fsp3) is 0. The van der Waals surface area contributed by atoms with Gasteiger partial charge in [-0.15, -0.1) is 22.7 Å². The zero-order chi connectivity index (χ0) is 19.9. The third kappa shape index (κ3) is 6.89. The van der Waals surface area contributed by atoms with Crippen molar-refractivity contribution < 1.29 is 57.5 Å². The molecule has 12 heteroatoms. The molecule has 4 heterocycles. The minimum absolute atomic E-state index is 0. The summed E-state index contributed by atoms with van der Waals surface area (Å²) in [6, 6.07) is 3.11. The summed E-state index contributed by atoms with van der Waals surface area (Å²) in [6.07, 6.45) is 9.40. The van der Waals surface area contributed by atoms with Gasteiger partial charge < -0.3 is 19.8 Å². The Labute approximate surface area is 203 Å². The predicted molar refractivity (Wildman–Crippen MR) is 99.4 cm³/mol. The Morgan fingerprint density at radius 1 is 0.667 bits per heavy atom. The molecule has 0 aliphatic carbocycles. The summed E-state index contributed by atoms with van der Waals surface area (Å²) >= 11 is 2.66. The number of hydrogen-bond acceptors (Lipinski definition) is 10. The van der Waals surface area contributed by atoms with Crippen LogP contribution in [0.3, 0.4) is 0 Å². The number of carboxylic acid groups (broad SMARTS) is 2. The Morgan fingerprint density at radius 2 is 1.00 bits per heavy atom. The Hall–Kier alpha value is -2.31. The van der Waals surface area contributed by atoms with Gasteiger partial charge in [-0.2, -0.15) is 0 Å². The van der Waals surface area contributed by atoms with Gasteiger partial charge in [0.05, 0.1) is 11.9 Å². The van der Waals surface area contributed by atoms with Crippen LogP contribution in [0, 0.1) is 0 Å². The van der Waals surface area contributed by atoms with Crippen LogP contribution in [-0.4, -0.2) is 31.9 Å². The largest absolute Gasteiger partial charge is 1.00 e. The fourth-order valence-electron chi connectivity index (χ4n) is 2.04. The second-order valence-electron chi connectivity index (χ2n) is 5.23. The van der Waals surface area contributed by atoms with Gasteiger partial charge in [-0.25, -0.2) is 19.9 Å². The van der Waals surface area contributed by atoms with Crippen molar-refractivity contribution in [3.8, 4) is 20.9 Å². The van der Waals surface area contributed by atoms with Crippen molar-refractivity contribution in [3.63, 3.8) is 0 Å². The van der Waals surface area contributed by atoms with Crippen LogP contribution in [0.5, 0.6) is 0 Å². The minimum atomic E-state index is -1.16. The average molecular weight is 424 g/mol. The molecule has 0 unspecified atom stereocenters. The van der Waals surface area contributed by atoms with E-state index in [0.717, 1.165) is 20.9 Å². The summed E-state index contributed by atoms with van der Waals surface area (Å²) in [5.74, 6) is -2.33. The Kier molecular flexibility index (Phi) is 10.6. The van der Waals surface area contributed by atoms with E-state index in [9.17, 15) is 19.8 Å². The van der Waals surface area contributed by atoms with Crippen LogP contribution >= 0.6 is 22.7 Å². The number of hydrogen-bond donors (Lipinski definition) is 0. The van der Waals surface area contributed by atoms with Crippen molar-refractivity contribution in [2.75, 3.05) is 0 Å². The number of carboxylic acids is 2. The molecule has 0 aromatic carbocycles. The summed E-state index contributed by atoms with van der Waals surface area (Å²) in [5.41, 5.74) is 2.00. The van der Waals surface area contributed by atoms with Crippen molar-refractivity contribution >= 4 is 34.6 Å². The smallest absolute Gasteiger partial charge is 0.545 e. The van der Waals surface area contributed by atoms with Crippen LogP contribution in [0.4, 0.5) is 0 Å². The second-order valence-corrected chi connectivity index (χ2v) is 7.05. The van der Waals surface area contributed by atoms with Crippen molar-refractivity contribution in [2.45, 2.75) is 0 Å². The van der Waals surface area contributed by atoms with E-state index in [1.54, 1.807) is 36.9 Å². The predicted octanol–water partition coefficient (Wildman–Crippen LogP) is -4.85. The SMILES string of the molecule is O=C([O-])c1csc(-c2cncnc2)c1.O=C([O-])c1csc(-c2cncnc2)c1.[Li+].[Li+]. The minimum Gasteiger partial charge on any atom is -0.545 e. The van der Waals surface area contributed by atoms with Crippen LogP contribution in [0.15, 0.2) is 60.3 Å². The van der Waals surface area contributed by atoms with Crippen LogP contribution in [0.25, 0.3) is 20.9 Å². The van der Waals surface area contributed by atoms with Gasteiger partial charge in [0.2, 0.25) is 0 Å². The number of aromatic carboxylic acids is 2. The number of rotatable bonds is 4. The third-order valence-corrected chi connectivity index (χ3v) is 5.32. The van der Waals surface area contributed by atoms with Crippen LogP contribution in [0.2, 0.25) is 0 Å². The summed E-state index contributed by atoms with van der Waals surface area (Å²) in [5, 5.41) is 24.1. The van der Waals surface area contributed by atoms with Crippen LogP contribution in [0.1, 0.15) is 20.7 Å². The Bertz CT molecular complexity index is 1000. The quantitative estimate of drug-likeness (QED) is 0.298. The monoisotopic (exact) mass is 424 g/mol. The zero-order valence-corrected chi connectivity index (χ0v) is 17.6. The average Bonchev–Trinajstić information content (AvgIpc) is 3.40. The summed E-state index contributed by atoms with van der Waals surface area (Å²) < 4.78 is 0. The zero-order valence-electron chi connectivity index (χ0n) is 16.0. The maximum atomic E-state index is 10.5. The molecule has 30 heavy (non-hydrogen) atoms. The normalized spacial score (nSPS) is 9.33. The van der Waals surface area contributed by atoms with E-state index < -0.39 is 11.9 Å². The van der Waals surface area contributed by atoms with Crippen LogP contribution in [-0.2, 0) is 0 Å². The van der Waals surface area contributed by atoms with Crippen molar-refractivity contribution in [3.05, 3.63) is 71.5 Å². The molecule has 0 fully saturated rings. The Morgan fingerprint density at radius 3 is 1.27 bits per heavy atom. The molecule has 0 bridgehead atoms. The molecule has 4 aromatic heterocycles. The topological polar surface area (TPSA) is 132 Å². The standard InChI is InChI=1S/2C9H6N2O2S.2Li/c2*12-9(13)6-1-8(14-4-6)7-2-10-5-11-3-7;;/h2*1-5H,(H,12,13);;/q;;2*+1/p-2. The molecule has 4 aromatic rings. The summed E-state index contributed by atoms with van der Waals surface area (Å²) in [7, 11) is 0. The number of nitrogens with zero attached hydrogens (tertiary/aromatic N) is 4. The molecular formula is C18H10Li2N4O4S2. The molecule has 0 saturated heterocycles. The first-order valence-electron chi connectivity index (χ1n) is 7.65. The summed E-state index contributed by atoms with van der Waals surface area (Å²) in [4.78, 5) is 38.1. The number of thiophene rings is 2. The van der Waals surface area contributed by atoms with Gasteiger partial charge in [0, 0.05) is 67.6 Å². The van der Waals surface area contributed by atoms with E-state index in [1.165, 1.54) is 46.1 Å². The van der Waals surface area contributed by atoms with Gasteiger partial charge in [0.15, 0.2) is 0 Å². The molecule has 4 rings (SSSR count). The molecule has 0 N–H and O–H groups in total. The first-order valence-corrected chi connectivity index (χ1v) is 9.41. The van der Waals surface area contributed by atoms with Gasteiger partial charge >= 0.3 is 37.7 Å². The van der Waals surface area contributed by atoms with Gasteiger partial charge in [-0.1, -0.05) is 0 Å². The fourth-order valence-corrected chi connectivity index (χ4v) is 3.75. The number of carbonyl (C=O) groups excluding carboxylic acids is 2. The van der Waals surface area contributed by atoms with Gasteiger partial charge in [0.25, 0.3) is 0 Å². The second kappa shape index (κ2) is 12.4. The molecule has 8 nitrogen and oxygen atoms in total. The van der Waals surface area contributed by atoms with Gasteiger partial charge in [-0.3, -0.25) is 0 Å². The molecule has 0 amide bonds. The molecular weight excluding hydrogens is 414 g/mol. The van der Waals surface area contributed by atoms with E-state index >= 15 is 0 Å². The number of carbonyl (C=O) groups is 2. The molecule has 0 saturated carbocycles. The van der Waals surface area contributed by atoms with Gasteiger partial charge in [-0.05, 0) is 12.1 Å². The van der Waals surface area contributed by atoms with Gasteiger partial charge in [0.1, 0.15) is 12.7 Å².